The molecule has 0 unspecified atom stereocenters. The highest BCUT2D eigenvalue weighted by atomic mass is 35.5. The standard InChI is InChI=1S/C18H32N6.ClH/c1-23(2)13-5-11-21-17(19)15-7-9-16(10-8-15)18(20)22-12-6-14-24(3)4;/h7-10H,5-6,11-14H2,1-4H3,(H2,19,21)(H2,20,22);1H. The molecular weight excluding hydrogens is 336 g/mol. The summed E-state index contributed by atoms with van der Waals surface area (Å²) in [4.78, 5) is 13.1. The Kier molecular flexibility index (Phi) is 11.9. The normalized spacial score (nSPS) is 12.6. The van der Waals surface area contributed by atoms with Gasteiger partial charge in [-0.15, -0.1) is 12.4 Å². The van der Waals surface area contributed by atoms with Crippen molar-refractivity contribution in [3.63, 3.8) is 0 Å². The van der Waals surface area contributed by atoms with Crippen LogP contribution in [0.1, 0.15) is 24.0 Å². The number of halogens is 1. The average molecular weight is 369 g/mol. The van der Waals surface area contributed by atoms with Gasteiger partial charge >= 0.3 is 0 Å². The van der Waals surface area contributed by atoms with Crippen LogP contribution in [0.25, 0.3) is 0 Å². The Morgan fingerprint density at radius 1 is 0.760 bits per heavy atom. The van der Waals surface area contributed by atoms with Crippen LogP contribution in [0.4, 0.5) is 0 Å². The van der Waals surface area contributed by atoms with Gasteiger partial charge in [0, 0.05) is 24.2 Å². The molecule has 4 N–H and O–H groups in total. The molecule has 0 heterocycles. The summed E-state index contributed by atoms with van der Waals surface area (Å²) >= 11 is 0. The van der Waals surface area contributed by atoms with Gasteiger partial charge in [-0.2, -0.15) is 0 Å². The molecule has 6 nitrogen and oxygen atoms in total. The van der Waals surface area contributed by atoms with Crippen LogP contribution in [0.2, 0.25) is 0 Å². The van der Waals surface area contributed by atoms with E-state index in [0.717, 1.165) is 50.1 Å². The van der Waals surface area contributed by atoms with Crippen molar-refractivity contribution in [2.24, 2.45) is 21.5 Å². The van der Waals surface area contributed by atoms with Crippen molar-refractivity contribution in [2.75, 3.05) is 54.4 Å². The molecule has 0 fully saturated rings. The third-order valence-electron chi connectivity index (χ3n) is 3.57. The molecule has 142 valence electrons. The minimum absolute atomic E-state index is 0. The monoisotopic (exact) mass is 368 g/mol. The lowest BCUT2D eigenvalue weighted by atomic mass is 10.1. The van der Waals surface area contributed by atoms with Gasteiger partial charge < -0.3 is 21.3 Å². The van der Waals surface area contributed by atoms with Crippen molar-refractivity contribution in [3.05, 3.63) is 35.4 Å². The minimum Gasteiger partial charge on any atom is -0.384 e. The first kappa shape index (κ1) is 23.4. The highest BCUT2D eigenvalue weighted by Gasteiger charge is 2.02. The highest BCUT2D eigenvalue weighted by Crippen LogP contribution is 2.05. The molecule has 0 aliphatic heterocycles. The molecule has 1 aromatic carbocycles. The Hall–Kier alpha value is -1.63. The van der Waals surface area contributed by atoms with Gasteiger partial charge in [0.15, 0.2) is 0 Å². The van der Waals surface area contributed by atoms with Gasteiger partial charge in [0.1, 0.15) is 11.7 Å². The Bertz CT molecular complexity index is 488. The molecule has 0 aliphatic rings. The fraction of sp³-hybridized carbons (Fsp3) is 0.556. The second-order valence-corrected chi connectivity index (χ2v) is 6.42. The van der Waals surface area contributed by atoms with E-state index in [4.69, 9.17) is 11.5 Å². The van der Waals surface area contributed by atoms with Gasteiger partial charge in [-0.05, 0) is 54.1 Å². The van der Waals surface area contributed by atoms with Crippen molar-refractivity contribution < 1.29 is 0 Å². The molecule has 0 aliphatic carbocycles. The topological polar surface area (TPSA) is 83.2 Å². The molecule has 25 heavy (non-hydrogen) atoms. The number of rotatable bonds is 10. The zero-order chi connectivity index (χ0) is 17.9. The molecule has 0 atom stereocenters. The van der Waals surface area contributed by atoms with E-state index in [1.807, 2.05) is 24.3 Å². The van der Waals surface area contributed by atoms with Crippen LogP contribution in [0.15, 0.2) is 34.3 Å². The summed E-state index contributed by atoms with van der Waals surface area (Å²) in [7, 11) is 8.22. The van der Waals surface area contributed by atoms with E-state index in [2.05, 4.69) is 48.0 Å². The van der Waals surface area contributed by atoms with Crippen molar-refractivity contribution in [2.45, 2.75) is 12.8 Å². The van der Waals surface area contributed by atoms with Gasteiger partial charge in [0.05, 0.1) is 0 Å². The predicted octanol–water partition coefficient (Wildman–Crippen LogP) is 1.42. The SMILES string of the molecule is CN(C)CCCN=C(N)c1ccc(C(N)=NCCCN(C)C)cc1.Cl. The van der Waals surface area contributed by atoms with Gasteiger partial charge in [0.25, 0.3) is 0 Å². The van der Waals surface area contributed by atoms with Crippen molar-refractivity contribution in [1.29, 1.82) is 0 Å². The third-order valence-corrected chi connectivity index (χ3v) is 3.57. The summed E-state index contributed by atoms with van der Waals surface area (Å²) < 4.78 is 0. The molecule has 0 radical (unpaired) electrons. The van der Waals surface area contributed by atoms with Gasteiger partial charge in [-0.1, -0.05) is 24.3 Å². The fourth-order valence-corrected chi connectivity index (χ4v) is 2.17. The van der Waals surface area contributed by atoms with Crippen LogP contribution in [0.5, 0.6) is 0 Å². The average Bonchev–Trinajstić information content (AvgIpc) is 2.55. The maximum Gasteiger partial charge on any atom is 0.125 e. The number of aliphatic imine (C=N–C) groups is 2. The van der Waals surface area contributed by atoms with Crippen LogP contribution in [-0.2, 0) is 0 Å². The molecule has 0 spiro atoms. The molecule has 0 saturated carbocycles. The first-order valence-corrected chi connectivity index (χ1v) is 8.40. The molecular formula is C18H33ClN6. The largest absolute Gasteiger partial charge is 0.384 e. The third kappa shape index (κ3) is 10.1. The van der Waals surface area contributed by atoms with E-state index >= 15 is 0 Å². The first-order valence-electron chi connectivity index (χ1n) is 8.40. The lowest BCUT2D eigenvalue weighted by Gasteiger charge is -2.08. The zero-order valence-corrected chi connectivity index (χ0v) is 16.7. The molecule has 7 heteroatoms. The van der Waals surface area contributed by atoms with Crippen LogP contribution in [0.3, 0.4) is 0 Å². The van der Waals surface area contributed by atoms with Crippen LogP contribution in [0, 0.1) is 0 Å². The van der Waals surface area contributed by atoms with Crippen LogP contribution in [-0.4, -0.2) is 75.8 Å². The quantitative estimate of drug-likeness (QED) is 0.371. The van der Waals surface area contributed by atoms with Crippen molar-refractivity contribution in [1.82, 2.24) is 9.80 Å². The van der Waals surface area contributed by atoms with Crippen LogP contribution >= 0.6 is 12.4 Å². The number of amidine groups is 2. The van der Waals surface area contributed by atoms with E-state index in [9.17, 15) is 0 Å². The lowest BCUT2D eigenvalue weighted by Crippen LogP contribution is -2.18. The summed E-state index contributed by atoms with van der Waals surface area (Å²) in [5.74, 6) is 1.14. The molecule has 0 saturated heterocycles. The molecule has 1 rings (SSSR count). The van der Waals surface area contributed by atoms with E-state index < -0.39 is 0 Å². The molecule has 0 amide bonds. The summed E-state index contributed by atoms with van der Waals surface area (Å²) in [6.45, 7) is 3.50. The van der Waals surface area contributed by atoms with E-state index in [-0.39, 0.29) is 12.4 Å². The van der Waals surface area contributed by atoms with Gasteiger partial charge in [0.2, 0.25) is 0 Å². The Labute approximate surface area is 158 Å². The second-order valence-electron chi connectivity index (χ2n) is 6.42. The summed E-state index contributed by atoms with van der Waals surface area (Å²) in [5, 5.41) is 0. The smallest absolute Gasteiger partial charge is 0.125 e. The number of nitrogens with two attached hydrogens (primary N) is 2. The Morgan fingerprint density at radius 3 is 1.36 bits per heavy atom. The zero-order valence-electron chi connectivity index (χ0n) is 15.9. The number of hydrogen-bond donors (Lipinski definition) is 2. The number of hydrogen-bond acceptors (Lipinski definition) is 4. The van der Waals surface area contributed by atoms with E-state index in [1.54, 1.807) is 0 Å². The first-order chi connectivity index (χ1) is 11.4. The minimum atomic E-state index is 0. The van der Waals surface area contributed by atoms with Gasteiger partial charge in [-0.3, -0.25) is 9.98 Å². The summed E-state index contributed by atoms with van der Waals surface area (Å²) in [6, 6.07) is 7.79. The fourth-order valence-electron chi connectivity index (χ4n) is 2.17. The van der Waals surface area contributed by atoms with Crippen molar-refractivity contribution in [3.8, 4) is 0 Å². The van der Waals surface area contributed by atoms with Crippen LogP contribution < -0.4 is 11.5 Å². The van der Waals surface area contributed by atoms with Crippen molar-refractivity contribution >= 4 is 24.1 Å². The summed E-state index contributed by atoms with van der Waals surface area (Å²) in [5.41, 5.74) is 13.9. The lowest BCUT2D eigenvalue weighted by molar-refractivity contribution is 0.403. The Morgan fingerprint density at radius 2 is 1.08 bits per heavy atom. The Balaban J connectivity index is 0.00000576. The maximum absolute atomic E-state index is 6.03. The van der Waals surface area contributed by atoms with E-state index in [0.29, 0.717) is 11.7 Å². The predicted molar refractivity (Wildman–Crippen MR) is 111 cm³/mol. The number of nitrogens with zero attached hydrogens (tertiary/aromatic N) is 4. The van der Waals surface area contributed by atoms with Gasteiger partial charge in [-0.25, -0.2) is 0 Å². The highest BCUT2D eigenvalue weighted by molar-refractivity contribution is 6.00. The molecule has 1 aromatic rings. The molecule has 0 bridgehead atoms. The van der Waals surface area contributed by atoms with E-state index in [1.165, 1.54) is 0 Å². The maximum atomic E-state index is 6.03. The number of benzene rings is 1. The molecule has 0 aromatic heterocycles. The second kappa shape index (κ2) is 12.7. The summed E-state index contributed by atoms with van der Waals surface area (Å²) in [6.07, 6.45) is 2.00.